The number of ether oxygens (including phenoxy) is 1. The first-order chi connectivity index (χ1) is 17.0. The van der Waals surface area contributed by atoms with Gasteiger partial charge in [-0.15, -0.1) is 0 Å². The zero-order chi connectivity index (χ0) is 24.0. The summed E-state index contributed by atoms with van der Waals surface area (Å²) in [6.07, 6.45) is 1.89. The highest BCUT2D eigenvalue weighted by Gasteiger charge is 2.47. The molecule has 4 aromatic rings. The SMILES string of the molecule is O=C(O)O[C@@H]1CCCN1Cc1ccc(-c2nc3ccc(C4(c5ccccc5)CC4)nc3s2)c(F)c1. The van der Waals surface area contributed by atoms with E-state index in [9.17, 15) is 4.79 Å². The zero-order valence-electron chi connectivity index (χ0n) is 19.0. The Morgan fingerprint density at radius 3 is 2.71 bits per heavy atom. The van der Waals surface area contributed by atoms with Gasteiger partial charge in [-0.1, -0.05) is 47.7 Å². The molecule has 3 heterocycles. The second-order valence-electron chi connectivity index (χ2n) is 9.25. The highest BCUT2D eigenvalue weighted by molar-refractivity contribution is 7.21. The van der Waals surface area contributed by atoms with Crippen LogP contribution in [0.1, 0.15) is 42.5 Å². The topological polar surface area (TPSA) is 75.6 Å². The molecule has 8 heteroatoms. The third kappa shape index (κ3) is 4.17. The number of pyridine rings is 1. The molecule has 35 heavy (non-hydrogen) atoms. The van der Waals surface area contributed by atoms with Crippen LogP contribution in [0.15, 0.2) is 60.7 Å². The number of likely N-dealkylation sites (tertiary alicyclic amines) is 1. The predicted octanol–water partition coefficient (Wildman–Crippen LogP) is 6.19. The van der Waals surface area contributed by atoms with Gasteiger partial charge >= 0.3 is 6.16 Å². The summed E-state index contributed by atoms with van der Waals surface area (Å²) in [5.41, 5.74) is 4.30. The molecule has 1 aliphatic heterocycles. The molecule has 2 aromatic heterocycles. The lowest BCUT2D eigenvalue weighted by atomic mass is 9.92. The first kappa shape index (κ1) is 22.1. The zero-order valence-corrected chi connectivity index (χ0v) is 19.8. The number of rotatable bonds is 6. The van der Waals surface area contributed by atoms with Crippen molar-refractivity contribution in [2.24, 2.45) is 0 Å². The molecule has 0 spiro atoms. The van der Waals surface area contributed by atoms with Gasteiger partial charge in [0.25, 0.3) is 0 Å². The molecule has 2 fully saturated rings. The fraction of sp³-hybridized carbons (Fsp3) is 0.296. The summed E-state index contributed by atoms with van der Waals surface area (Å²) in [6.45, 7) is 1.15. The van der Waals surface area contributed by atoms with Crippen LogP contribution < -0.4 is 0 Å². The van der Waals surface area contributed by atoms with Crippen LogP contribution in [0.25, 0.3) is 20.9 Å². The third-order valence-electron chi connectivity index (χ3n) is 7.01. The fourth-order valence-electron chi connectivity index (χ4n) is 5.06. The van der Waals surface area contributed by atoms with Crippen LogP contribution in [0.2, 0.25) is 0 Å². The Kier molecular flexibility index (Phi) is 5.50. The maximum absolute atomic E-state index is 15.1. The standard InChI is InChI=1S/C27H24FN3O3S/c28-20-15-17(16-31-14-4-7-23(31)34-26(32)33)8-9-19(20)24-29-21-10-11-22(30-25(21)35-24)27(12-13-27)18-5-2-1-3-6-18/h1-3,5-6,8-11,15,23H,4,7,12-14,16H2,(H,32,33)/t23-/m1/s1. The van der Waals surface area contributed by atoms with Crippen LogP contribution in [0.3, 0.4) is 0 Å². The van der Waals surface area contributed by atoms with Gasteiger partial charge < -0.3 is 9.84 Å². The molecule has 2 aromatic carbocycles. The van der Waals surface area contributed by atoms with Crippen molar-refractivity contribution in [3.8, 4) is 10.6 Å². The highest BCUT2D eigenvalue weighted by atomic mass is 32.1. The number of carboxylic acid groups (broad SMARTS) is 1. The Balaban J connectivity index is 1.25. The first-order valence-corrected chi connectivity index (χ1v) is 12.6. The van der Waals surface area contributed by atoms with Gasteiger partial charge in [0.2, 0.25) is 0 Å². The second kappa shape index (κ2) is 8.70. The third-order valence-corrected chi connectivity index (χ3v) is 8.01. The van der Waals surface area contributed by atoms with E-state index in [0.29, 0.717) is 23.5 Å². The molecule has 1 saturated carbocycles. The average Bonchev–Trinajstić information content (AvgIpc) is 3.39. The summed E-state index contributed by atoms with van der Waals surface area (Å²) in [5, 5.41) is 9.53. The van der Waals surface area contributed by atoms with Gasteiger partial charge in [-0.2, -0.15) is 0 Å². The van der Waals surface area contributed by atoms with Gasteiger partial charge in [-0.05, 0) is 61.1 Å². The van der Waals surface area contributed by atoms with Crippen LogP contribution in [0.5, 0.6) is 0 Å². The molecule has 0 radical (unpaired) electrons. The second-order valence-corrected chi connectivity index (χ2v) is 10.2. The fourth-order valence-corrected chi connectivity index (χ4v) is 6.03. The Hall–Kier alpha value is -3.36. The summed E-state index contributed by atoms with van der Waals surface area (Å²) in [6, 6.07) is 19.6. The van der Waals surface area contributed by atoms with Crippen molar-refractivity contribution in [3.63, 3.8) is 0 Å². The number of fused-ring (bicyclic) bond motifs is 1. The van der Waals surface area contributed by atoms with E-state index >= 15 is 4.39 Å². The molecule has 1 aliphatic carbocycles. The van der Waals surface area contributed by atoms with E-state index in [2.05, 4.69) is 35.3 Å². The molecule has 178 valence electrons. The molecule has 0 amide bonds. The Bertz CT molecular complexity index is 1400. The average molecular weight is 490 g/mol. The lowest BCUT2D eigenvalue weighted by Crippen LogP contribution is -2.32. The van der Waals surface area contributed by atoms with Crippen LogP contribution in [-0.4, -0.2) is 38.9 Å². The molecule has 1 saturated heterocycles. The number of nitrogens with zero attached hydrogens (tertiary/aromatic N) is 3. The summed E-state index contributed by atoms with van der Waals surface area (Å²) in [4.78, 5) is 23.3. The largest absolute Gasteiger partial charge is 0.507 e. The highest BCUT2D eigenvalue weighted by Crippen LogP contribution is 2.53. The van der Waals surface area contributed by atoms with Gasteiger partial charge in [-0.25, -0.2) is 19.2 Å². The monoisotopic (exact) mass is 489 g/mol. The lowest BCUT2D eigenvalue weighted by Gasteiger charge is -2.23. The maximum Gasteiger partial charge on any atom is 0.507 e. The van der Waals surface area contributed by atoms with Crippen LogP contribution in [-0.2, 0) is 16.7 Å². The molecular weight excluding hydrogens is 465 g/mol. The minimum Gasteiger partial charge on any atom is -0.450 e. The van der Waals surface area contributed by atoms with Gasteiger partial charge in [0, 0.05) is 24.1 Å². The summed E-state index contributed by atoms with van der Waals surface area (Å²) < 4.78 is 20.1. The van der Waals surface area contributed by atoms with Gasteiger partial charge in [0.1, 0.15) is 21.2 Å². The number of benzene rings is 2. The van der Waals surface area contributed by atoms with E-state index in [0.717, 1.165) is 47.4 Å². The van der Waals surface area contributed by atoms with Gasteiger partial charge in [-0.3, -0.25) is 4.90 Å². The number of thiazole rings is 1. The number of hydrogen-bond donors (Lipinski definition) is 1. The first-order valence-electron chi connectivity index (χ1n) is 11.8. The number of halogens is 1. The number of aromatic nitrogens is 2. The molecule has 0 bridgehead atoms. The van der Waals surface area contributed by atoms with Crippen molar-refractivity contribution >= 4 is 27.8 Å². The van der Waals surface area contributed by atoms with E-state index < -0.39 is 12.4 Å². The van der Waals surface area contributed by atoms with Crippen LogP contribution >= 0.6 is 11.3 Å². The van der Waals surface area contributed by atoms with Gasteiger partial charge in [0.15, 0.2) is 6.23 Å². The van der Waals surface area contributed by atoms with Crippen molar-refractivity contribution in [3.05, 3.63) is 83.3 Å². The minimum atomic E-state index is -1.28. The Morgan fingerprint density at radius 1 is 1.14 bits per heavy atom. The Labute approximate surface area is 206 Å². The smallest absolute Gasteiger partial charge is 0.450 e. The molecule has 1 atom stereocenters. The Morgan fingerprint density at radius 2 is 1.97 bits per heavy atom. The summed E-state index contributed by atoms with van der Waals surface area (Å²) >= 11 is 1.41. The summed E-state index contributed by atoms with van der Waals surface area (Å²) in [7, 11) is 0. The van der Waals surface area contributed by atoms with Crippen molar-refractivity contribution < 1.29 is 19.0 Å². The van der Waals surface area contributed by atoms with E-state index in [-0.39, 0.29) is 11.2 Å². The predicted molar refractivity (Wildman–Crippen MR) is 132 cm³/mol. The van der Waals surface area contributed by atoms with Gasteiger partial charge in [0.05, 0.1) is 5.69 Å². The van der Waals surface area contributed by atoms with E-state index in [1.54, 1.807) is 6.07 Å². The maximum atomic E-state index is 15.1. The molecular formula is C27H24FN3O3S. The molecule has 6 rings (SSSR count). The minimum absolute atomic E-state index is 0.0235. The van der Waals surface area contributed by atoms with Crippen molar-refractivity contribution in [2.45, 2.75) is 43.9 Å². The number of hydrogen-bond acceptors (Lipinski definition) is 6. The normalized spacial score (nSPS) is 19.2. The van der Waals surface area contributed by atoms with Crippen LogP contribution in [0, 0.1) is 5.82 Å². The van der Waals surface area contributed by atoms with E-state index in [4.69, 9.17) is 14.8 Å². The quantitative estimate of drug-likeness (QED) is 0.325. The van der Waals surface area contributed by atoms with Crippen molar-refractivity contribution in [1.82, 2.24) is 14.9 Å². The summed E-state index contributed by atoms with van der Waals surface area (Å²) in [5.74, 6) is -0.348. The van der Waals surface area contributed by atoms with Crippen LogP contribution in [0.4, 0.5) is 9.18 Å². The lowest BCUT2D eigenvalue weighted by molar-refractivity contribution is -0.0169. The molecule has 0 unspecified atom stereocenters. The van der Waals surface area contributed by atoms with Crippen molar-refractivity contribution in [1.29, 1.82) is 0 Å². The van der Waals surface area contributed by atoms with Crippen molar-refractivity contribution in [2.75, 3.05) is 6.54 Å². The molecule has 6 nitrogen and oxygen atoms in total. The number of carbonyl (C=O) groups is 1. The van der Waals surface area contributed by atoms with E-state index in [1.165, 1.54) is 23.0 Å². The van der Waals surface area contributed by atoms with E-state index in [1.807, 2.05) is 23.1 Å². The molecule has 1 N–H and O–H groups in total. The molecule has 2 aliphatic rings.